The second kappa shape index (κ2) is 5.98. The lowest BCUT2D eigenvalue weighted by Crippen LogP contribution is -2.42. The fraction of sp³-hybridized carbons (Fsp3) is 0.438. The molecule has 0 aliphatic carbocycles. The Hall–Kier alpha value is -2.05. The summed E-state index contributed by atoms with van der Waals surface area (Å²) in [4.78, 5) is 13.4. The van der Waals surface area contributed by atoms with Gasteiger partial charge in [0.15, 0.2) is 0 Å². The molecule has 1 N–H and O–H groups in total. The number of carbonyl (C=O) groups is 1. The van der Waals surface area contributed by atoms with Gasteiger partial charge in [0, 0.05) is 18.7 Å². The number of hydrogen-bond donors (Lipinski definition) is 1. The molecule has 1 fully saturated rings. The summed E-state index contributed by atoms with van der Waals surface area (Å²) in [5, 5.41) is 9.87. The molecule has 2 aromatic rings. The van der Waals surface area contributed by atoms with Gasteiger partial charge in [0.25, 0.3) is 0 Å². The Balaban J connectivity index is 1.83. The summed E-state index contributed by atoms with van der Waals surface area (Å²) in [5.41, 5.74) is 1.11. The molecule has 2 heterocycles. The summed E-state index contributed by atoms with van der Waals surface area (Å²) in [6.07, 6.45) is 0.0140. The lowest BCUT2D eigenvalue weighted by molar-refractivity contribution is -0.0401. The molecule has 1 saturated heterocycles. The SMILES string of the molecule is Cc1c(C(=O)O)oc2cccc(OCC3CN(C)CCO3)c12. The Morgan fingerprint density at radius 1 is 1.50 bits per heavy atom. The summed E-state index contributed by atoms with van der Waals surface area (Å²) >= 11 is 0. The molecule has 118 valence electrons. The standard InChI is InChI=1S/C16H19NO5/c1-10-14-12(21-9-11-8-17(2)6-7-20-11)4-3-5-13(14)22-15(10)16(18)19/h3-5,11H,6-9H2,1-2H3,(H,18,19). The number of likely N-dealkylation sites (N-methyl/N-ethyl adjacent to an activating group) is 1. The topological polar surface area (TPSA) is 72.1 Å². The number of rotatable bonds is 4. The van der Waals surface area contributed by atoms with Crippen molar-refractivity contribution in [2.24, 2.45) is 0 Å². The minimum Gasteiger partial charge on any atom is -0.490 e. The summed E-state index contributed by atoms with van der Waals surface area (Å²) < 4.78 is 16.9. The molecule has 0 saturated carbocycles. The highest BCUT2D eigenvalue weighted by atomic mass is 16.5. The number of aromatic carboxylic acids is 1. The molecule has 1 aromatic carbocycles. The minimum absolute atomic E-state index is 0.0140. The van der Waals surface area contributed by atoms with Gasteiger partial charge < -0.3 is 23.9 Å². The van der Waals surface area contributed by atoms with Crippen LogP contribution in [0.25, 0.3) is 11.0 Å². The normalized spacial score (nSPS) is 19.5. The Morgan fingerprint density at radius 3 is 3.05 bits per heavy atom. The van der Waals surface area contributed by atoms with E-state index in [9.17, 15) is 4.79 Å². The Labute approximate surface area is 128 Å². The van der Waals surface area contributed by atoms with Crippen LogP contribution < -0.4 is 4.74 Å². The van der Waals surface area contributed by atoms with E-state index in [1.54, 1.807) is 19.1 Å². The molecule has 0 radical (unpaired) electrons. The fourth-order valence-electron chi connectivity index (χ4n) is 2.74. The number of ether oxygens (including phenoxy) is 2. The lowest BCUT2D eigenvalue weighted by Gasteiger charge is -2.29. The van der Waals surface area contributed by atoms with Gasteiger partial charge in [0.2, 0.25) is 5.76 Å². The molecule has 6 heteroatoms. The van der Waals surface area contributed by atoms with Crippen LogP contribution in [0.5, 0.6) is 5.75 Å². The van der Waals surface area contributed by atoms with Crippen molar-refractivity contribution in [3.05, 3.63) is 29.5 Å². The van der Waals surface area contributed by atoms with Gasteiger partial charge in [-0.3, -0.25) is 0 Å². The third-order valence-corrected chi connectivity index (χ3v) is 3.88. The van der Waals surface area contributed by atoms with Crippen LogP contribution in [0.4, 0.5) is 0 Å². The van der Waals surface area contributed by atoms with E-state index in [4.69, 9.17) is 19.0 Å². The molecule has 1 unspecified atom stereocenters. The van der Waals surface area contributed by atoms with Crippen molar-refractivity contribution in [1.29, 1.82) is 0 Å². The van der Waals surface area contributed by atoms with Gasteiger partial charge in [-0.15, -0.1) is 0 Å². The number of aryl methyl sites for hydroxylation is 1. The average molecular weight is 305 g/mol. The first-order valence-electron chi connectivity index (χ1n) is 7.24. The van der Waals surface area contributed by atoms with Crippen molar-refractivity contribution in [3.8, 4) is 5.75 Å². The predicted molar refractivity (Wildman–Crippen MR) is 80.6 cm³/mol. The summed E-state index contributed by atoms with van der Waals surface area (Å²) in [6.45, 7) is 4.60. The first kappa shape index (κ1) is 14.9. The van der Waals surface area contributed by atoms with E-state index in [2.05, 4.69) is 11.9 Å². The molecule has 0 spiro atoms. The molecule has 0 amide bonds. The van der Waals surface area contributed by atoms with Crippen molar-refractivity contribution < 1.29 is 23.8 Å². The van der Waals surface area contributed by atoms with Gasteiger partial charge in [-0.25, -0.2) is 4.79 Å². The number of nitrogens with zero attached hydrogens (tertiary/aromatic N) is 1. The Morgan fingerprint density at radius 2 is 2.32 bits per heavy atom. The van der Waals surface area contributed by atoms with Crippen LogP contribution in [0.1, 0.15) is 16.1 Å². The first-order valence-corrected chi connectivity index (χ1v) is 7.24. The van der Waals surface area contributed by atoms with Crippen LogP contribution >= 0.6 is 0 Å². The van der Waals surface area contributed by atoms with Crippen molar-refractivity contribution in [1.82, 2.24) is 4.90 Å². The Kier molecular flexibility index (Phi) is 4.04. The molecule has 1 aliphatic rings. The van der Waals surface area contributed by atoms with E-state index in [1.165, 1.54) is 0 Å². The van der Waals surface area contributed by atoms with Crippen molar-refractivity contribution in [2.45, 2.75) is 13.0 Å². The average Bonchev–Trinajstić information content (AvgIpc) is 2.83. The highest BCUT2D eigenvalue weighted by Gasteiger charge is 2.22. The molecule has 1 aliphatic heterocycles. The van der Waals surface area contributed by atoms with Crippen molar-refractivity contribution >= 4 is 16.9 Å². The monoisotopic (exact) mass is 305 g/mol. The van der Waals surface area contributed by atoms with Crippen LogP contribution in [-0.2, 0) is 4.74 Å². The van der Waals surface area contributed by atoms with Gasteiger partial charge in [-0.2, -0.15) is 0 Å². The molecule has 1 atom stereocenters. The second-order valence-electron chi connectivity index (χ2n) is 5.56. The highest BCUT2D eigenvalue weighted by Crippen LogP contribution is 2.33. The van der Waals surface area contributed by atoms with E-state index in [0.717, 1.165) is 13.1 Å². The number of carboxylic acid groups (broad SMARTS) is 1. The largest absolute Gasteiger partial charge is 0.490 e. The predicted octanol–water partition coefficient (Wildman–Crippen LogP) is 2.15. The van der Waals surface area contributed by atoms with Crippen LogP contribution in [0.3, 0.4) is 0 Å². The van der Waals surface area contributed by atoms with E-state index < -0.39 is 5.97 Å². The quantitative estimate of drug-likeness (QED) is 0.933. The summed E-state index contributed by atoms with van der Waals surface area (Å²) in [6, 6.07) is 5.36. The third kappa shape index (κ3) is 2.80. The Bertz CT molecular complexity index is 693. The van der Waals surface area contributed by atoms with Gasteiger partial charge in [-0.05, 0) is 26.1 Å². The number of carboxylic acids is 1. The smallest absolute Gasteiger partial charge is 0.372 e. The number of hydrogen-bond acceptors (Lipinski definition) is 5. The van der Waals surface area contributed by atoms with Gasteiger partial charge in [-0.1, -0.05) is 6.07 Å². The van der Waals surface area contributed by atoms with Gasteiger partial charge >= 0.3 is 5.97 Å². The third-order valence-electron chi connectivity index (χ3n) is 3.88. The number of morpholine rings is 1. The van der Waals surface area contributed by atoms with E-state index in [-0.39, 0.29) is 11.9 Å². The zero-order chi connectivity index (χ0) is 15.7. The molecule has 0 bridgehead atoms. The number of benzene rings is 1. The van der Waals surface area contributed by atoms with E-state index in [1.807, 2.05) is 6.07 Å². The van der Waals surface area contributed by atoms with Crippen molar-refractivity contribution in [2.75, 3.05) is 33.4 Å². The molecular formula is C16H19NO5. The fourth-order valence-corrected chi connectivity index (χ4v) is 2.74. The van der Waals surface area contributed by atoms with E-state index in [0.29, 0.717) is 35.5 Å². The highest BCUT2D eigenvalue weighted by molar-refractivity contribution is 5.97. The molecule has 22 heavy (non-hydrogen) atoms. The maximum absolute atomic E-state index is 11.2. The molecule has 1 aromatic heterocycles. The molecule has 6 nitrogen and oxygen atoms in total. The molecule has 3 rings (SSSR count). The number of furan rings is 1. The summed E-state index contributed by atoms with van der Waals surface area (Å²) in [7, 11) is 2.05. The van der Waals surface area contributed by atoms with Gasteiger partial charge in [0.1, 0.15) is 24.0 Å². The van der Waals surface area contributed by atoms with Crippen molar-refractivity contribution in [3.63, 3.8) is 0 Å². The first-order chi connectivity index (χ1) is 10.6. The zero-order valence-electron chi connectivity index (χ0n) is 12.7. The second-order valence-corrected chi connectivity index (χ2v) is 5.56. The maximum atomic E-state index is 11.2. The van der Waals surface area contributed by atoms with Crippen LogP contribution in [0.15, 0.2) is 22.6 Å². The minimum atomic E-state index is -1.07. The van der Waals surface area contributed by atoms with E-state index >= 15 is 0 Å². The summed E-state index contributed by atoms with van der Waals surface area (Å²) in [5.74, 6) is -0.486. The molecular weight excluding hydrogens is 286 g/mol. The van der Waals surface area contributed by atoms with Gasteiger partial charge in [0.05, 0.1) is 12.0 Å². The lowest BCUT2D eigenvalue weighted by atomic mass is 10.1. The zero-order valence-corrected chi connectivity index (χ0v) is 12.7. The number of fused-ring (bicyclic) bond motifs is 1. The van der Waals surface area contributed by atoms with Crippen LogP contribution in [0.2, 0.25) is 0 Å². The van der Waals surface area contributed by atoms with Crippen LogP contribution in [-0.4, -0.2) is 55.4 Å². The van der Waals surface area contributed by atoms with Crippen LogP contribution in [0, 0.1) is 6.92 Å². The maximum Gasteiger partial charge on any atom is 0.372 e.